The molecule has 0 fully saturated rings. The molecule has 1 heterocycles. The molecule has 0 atom stereocenters. The Balaban J connectivity index is 1.51. The molecule has 0 amide bonds. The number of ether oxygens (including phenoxy) is 1. The van der Waals surface area contributed by atoms with Gasteiger partial charge in [-0.25, -0.2) is 31.9 Å². The van der Waals surface area contributed by atoms with Crippen molar-refractivity contribution in [2.75, 3.05) is 0 Å². The molecule has 10 heteroatoms. The molecular formula is C28H19F7N2O. The van der Waals surface area contributed by atoms with E-state index in [1.165, 1.54) is 0 Å². The Morgan fingerprint density at radius 1 is 0.763 bits per heavy atom. The fourth-order valence-electron chi connectivity index (χ4n) is 3.61. The highest BCUT2D eigenvalue weighted by Gasteiger charge is 2.29. The van der Waals surface area contributed by atoms with E-state index < -0.39 is 46.5 Å². The van der Waals surface area contributed by atoms with Gasteiger partial charge in [0.15, 0.2) is 23.3 Å². The van der Waals surface area contributed by atoms with Crippen LogP contribution in [0.5, 0.6) is 5.75 Å². The van der Waals surface area contributed by atoms with Crippen molar-refractivity contribution >= 4 is 6.08 Å². The number of aromatic nitrogens is 2. The van der Waals surface area contributed by atoms with Gasteiger partial charge in [-0.2, -0.15) is 8.78 Å². The van der Waals surface area contributed by atoms with Crippen LogP contribution in [0.15, 0.2) is 67.0 Å². The standard InChI is InChI=1S/C28H19F7N2O/c1-2-3-16-14-36-27(37-15-16)18-6-4-17(5-7-18)19-10-22(29)21(23(30)11-19)8-9-28(34,35)38-20-12-24(31)26(33)25(32)13-20/h4-15H,2-3H2,1H3. The van der Waals surface area contributed by atoms with E-state index in [1.54, 1.807) is 36.7 Å². The fraction of sp³-hybridized carbons (Fsp3) is 0.143. The molecule has 0 radical (unpaired) electrons. The average molecular weight is 532 g/mol. The van der Waals surface area contributed by atoms with Gasteiger partial charge in [-0.05, 0) is 41.3 Å². The predicted molar refractivity (Wildman–Crippen MR) is 128 cm³/mol. The first-order chi connectivity index (χ1) is 18.1. The van der Waals surface area contributed by atoms with Crippen molar-refractivity contribution in [3.63, 3.8) is 0 Å². The molecule has 38 heavy (non-hydrogen) atoms. The van der Waals surface area contributed by atoms with E-state index in [1.807, 2.05) is 6.92 Å². The Bertz CT molecular complexity index is 1420. The summed E-state index contributed by atoms with van der Waals surface area (Å²) in [5.41, 5.74) is 1.53. The minimum atomic E-state index is -4.22. The molecule has 0 spiro atoms. The van der Waals surface area contributed by atoms with Crippen LogP contribution in [0.1, 0.15) is 24.5 Å². The monoisotopic (exact) mass is 532 g/mol. The molecule has 4 rings (SSSR count). The summed E-state index contributed by atoms with van der Waals surface area (Å²) in [5.74, 6) is -8.13. The van der Waals surface area contributed by atoms with Crippen LogP contribution in [0.2, 0.25) is 0 Å². The van der Waals surface area contributed by atoms with Crippen LogP contribution < -0.4 is 4.74 Å². The van der Waals surface area contributed by atoms with E-state index in [0.717, 1.165) is 30.5 Å². The molecule has 0 N–H and O–H groups in total. The second kappa shape index (κ2) is 11.0. The Labute approximate surface area is 213 Å². The summed E-state index contributed by atoms with van der Waals surface area (Å²) in [7, 11) is 0. The summed E-state index contributed by atoms with van der Waals surface area (Å²) >= 11 is 0. The second-order valence-corrected chi connectivity index (χ2v) is 8.29. The first-order valence-corrected chi connectivity index (χ1v) is 11.4. The Kier molecular flexibility index (Phi) is 7.80. The lowest BCUT2D eigenvalue weighted by atomic mass is 10.0. The quantitative estimate of drug-likeness (QED) is 0.170. The van der Waals surface area contributed by atoms with E-state index in [0.29, 0.717) is 23.0 Å². The molecule has 1 aromatic heterocycles. The van der Waals surface area contributed by atoms with Crippen LogP contribution in [0.4, 0.5) is 30.7 Å². The van der Waals surface area contributed by atoms with Gasteiger partial charge in [0.1, 0.15) is 17.4 Å². The molecule has 0 bridgehead atoms. The third-order valence-electron chi connectivity index (χ3n) is 5.45. The number of rotatable bonds is 8. The summed E-state index contributed by atoms with van der Waals surface area (Å²) in [5, 5.41) is 0. The predicted octanol–water partition coefficient (Wildman–Crippen LogP) is 8.14. The van der Waals surface area contributed by atoms with Gasteiger partial charge in [-0.1, -0.05) is 37.6 Å². The molecule has 0 aliphatic rings. The van der Waals surface area contributed by atoms with Crippen molar-refractivity contribution in [3.8, 4) is 28.3 Å². The lowest BCUT2D eigenvalue weighted by molar-refractivity contribution is -0.131. The zero-order valence-electron chi connectivity index (χ0n) is 19.8. The van der Waals surface area contributed by atoms with Crippen molar-refractivity contribution in [1.82, 2.24) is 9.97 Å². The molecule has 3 aromatic carbocycles. The van der Waals surface area contributed by atoms with E-state index in [9.17, 15) is 30.7 Å². The Morgan fingerprint density at radius 3 is 1.87 bits per heavy atom. The summed E-state index contributed by atoms with van der Waals surface area (Å²) in [6, 6.07) is 8.98. The number of hydrogen-bond donors (Lipinski definition) is 0. The van der Waals surface area contributed by atoms with Crippen LogP contribution in [-0.2, 0) is 6.42 Å². The minimum absolute atomic E-state index is 0.00785. The number of halogens is 7. The molecule has 0 unspecified atom stereocenters. The lowest BCUT2D eigenvalue weighted by Crippen LogP contribution is -2.21. The smallest absolute Gasteiger partial charge is 0.419 e. The van der Waals surface area contributed by atoms with Gasteiger partial charge in [0.25, 0.3) is 0 Å². The highest BCUT2D eigenvalue weighted by molar-refractivity contribution is 5.69. The van der Waals surface area contributed by atoms with Crippen LogP contribution in [0.25, 0.3) is 28.6 Å². The number of hydrogen-bond acceptors (Lipinski definition) is 3. The van der Waals surface area contributed by atoms with Crippen molar-refractivity contribution < 1.29 is 35.5 Å². The fourth-order valence-corrected chi connectivity index (χ4v) is 3.61. The van der Waals surface area contributed by atoms with Gasteiger partial charge in [-0.3, -0.25) is 0 Å². The number of alkyl halides is 2. The molecule has 196 valence electrons. The van der Waals surface area contributed by atoms with Crippen molar-refractivity contribution in [3.05, 3.63) is 107 Å². The molecule has 0 saturated heterocycles. The van der Waals surface area contributed by atoms with Crippen molar-refractivity contribution in [2.45, 2.75) is 25.9 Å². The van der Waals surface area contributed by atoms with Gasteiger partial charge < -0.3 is 4.74 Å². The van der Waals surface area contributed by atoms with Crippen LogP contribution in [-0.4, -0.2) is 16.1 Å². The van der Waals surface area contributed by atoms with E-state index in [2.05, 4.69) is 14.7 Å². The van der Waals surface area contributed by atoms with Gasteiger partial charge in [0, 0.05) is 41.7 Å². The Hall–Kier alpha value is -4.21. The number of nitrogens with zero attached hydrogens (tertiary/aromatic N) is 2. The first-order valence-electron chi connectivity index (χ1n) is 11.4. The van der Waals surface area contributed by atoms with E-state index in [4.69, 9.17) is 0 Å². The average Bonchev–Trinajstić information content (AvgIpc) is 2.87. The van der Waals surface area contributed by atoms with Gasteiger partial charge in [0.2, 0.25) is 0 Å². The molecule has 0 aliphatic heterocycles. The number of aryl methyl sites for hydroxylation is 1. The maximum Gasteiger partial charge on any atom is 0.419 e. The zero-order valence-corrected chi connectivity index (χ0v) is 19.8. The molecule has 3 nitrogen and oxygen atoms in total. The second-order valence-electron chi connectivity index (χ2n) is 8.29. The highest BCUT2D eigenvalue weighted by Crippen LogP contribution is 2.30. The zero-order chi connectivity index (χ0) is 27.4. The van der Waals surface area contributed by atoms with Crippen LogP contribution in [0.3, 0.4) is 0 Å². The third-order valence-corrected chi connectivity index (χ3v) is 5.45. The summed E-state index contributed by atoms with van der Waals surface area (Å²) < 4.78 is 101. The molecule has 0 saturated carbocycles. The van der Waals surface area contributed by atoms with Gasteiger partial charge >= 0.3 is 6.11 Å². The van der Waals surface area contributed by atoms with Crippen LogP contribution in [0, 0.1) is 29.1 Å². The summed E-state index contributed by atoms with van der Waals surface area (Å²) in [4.78, 5) is 8.65. The van der Waals surface area contributed by atoms with Crippen molar-refractivity contribution in [1.29, 1.82) is 0 Å². The van der Waals surface area contributed by atoms with Crippen LogP contribution >= 0.6 is 0 Å². The highest BCUT2D eigenvalue weighted by atomic mass is 19.3. The lowest BCUT2D eigenvalue weighted by Gasteiger charge is -2.15. The first kappa shape index (κ1) is 26.8. The molecule has 4 aromatic rings. The van der Waals surface area contributed by atoms with Crippen molar-refractivity contribution in [2.24, 2.45) is 0 Å². The maximum atomic E-state index is 14.7. The van der Waals surface area contributed by atoms with E-state index in [-0.39, 0.29) is 23.8 Å². The minimum Gasteiger partial charge on any atom is -0.429 e. The number of benzene rings is 3. The Morgan fingerprint density at radius 2 is 1.32 bits per heavy atom. The topological polar surface area (TPSA) is 35.0 Å². The third kappa shape index (κ3) is 6.19. The van der Waals surface area contributed by atoms with E-state index >= 15 is 0 Å². The summed E-state index contributed by atoms with van der Waals surface area (Å²) in [6.07, 6.45) is 1.53. The van der Waals surface area contributed by atoms with Gasteiger partial charge in [0.05, 0.1) is 0 Å². The normalized spacial score (nSPS) is 11.8. The SMILES string of the molecule is CCCc1cnc(-c2ccc(-c3cc(F)c(C=CC(F)(F)Oc4cc(F)c(F)c(F)c4)c(F)c3)cc2)nc1. The van der Waals surface area contributed by atoms with Gasteiger partial charge in [-0.15, -0.1) is 0 Å². The summed E-state index contributed by atoms with van der Waals surface area (Å²) in [6.45, 7) is 2.05. The molecular weight excluding hydrogens is 513 g/mol. The largest absolute Gasteiger partial charge is 0.429 e. The molecule has 0 aliphatic carbocycles. The maximum absolute atomic E-state index is 14.7.